The third-order valence-corrected chi connectivity index (χ3v) is 5.93. The molecule has 5 nitrogen and oxygen atoms in total. The van der Waals surface area contributed by atoms with E-state index < -0.39 is 0 Å². The summed E-state index contributed by atoms with van der Waals surface area (Å²) in [4.78, 5) is 12.4. The van der Waals surface area contributed by atoms with E-state index in [4.69, 9.17) is 27.9 Å². The maximum absolute atomic E-state index is 12.4. The van der Waals surface area contributed by atoms with E-state index in [9.17, 15) is 4.79 Å². The molecule has 26 heavy (non-hydrogen) atoms. The number of unbranched alkanes of at least 4 members (excludes halogenated alkanes) is 4. The molecule has 1 aromatic carbocycles. The van der Waals surface area contributed by atoms with Crippen LogP contribution in [0.1, 0.15) is 49.4 Å². The van der Waals surface area contributed by atoms with E-state index in [1.165, 1.54) is 42.4 Å². The van der Waals surface area contributed by atoms with Gasteiger partial charge in [0.15, 0.2) is 10.1 Å². The highest BCUT2D eigenvalue weighted by atomic mass is 35.5. The number of carbonyl (C=O) groups excluding carboxylic acids is 1. The number of benzene rings is 1. The number of rotatable bonds is 10. The number of halogens is 2. The molecule has 0 aliphatic heterocycles. The number of aromatic nitrogens is 2. The highest BCUT2D eigenvalue weighted by Crippen LogP contribution is 2.35. The summed E-state index contributed by atoms with van der Waals surface area (Å²) in [6.45, 7) is 2.73. The smallest absolute Gasteiger partial charge is 0.257 e. The lowest BCUT2D eigenvalue weighted by Gasteiger charge is -2.11. The molecule has 9 heteroatoms. The van der Waals surface area contributed by atoms with Crippen molar-refractivity contribution in [1.82, 2.24) is 10.2 Å². The van der Waals surface area contributed by atoms with E-state index in [2.05, 4.69) is 22.4 Å². The number of ether oxygens (including phenoxy) is 1. The Morgan fingerprint density at radius 1 is 1.19 bits per heavy atom. The minimum Gasteiger partial charge on any atom is -0.490 e. The first-order valence-corrected chi connectivity index (χ1v) is 11.2. The summed E-state index contributed by atoms with van der Waals surface area (Å²) in [6, 6.07) is 3.09. The molecule has 0 bridgehead atoms. The largest absolute Gasteiger partial charge is 0.490 e. The predicted octanol–water partition coefficient (Wildman–Crippen LogP) is 6.17. The molecule has 2 aromatic rings. The monoisotopic (exact) mass is 433 g/mol. The second-order valence-electron chi connectivity index (χ2n) is 5.56. The maximum Gasteiger partial charge on any atom is 0.257 e. The molecule has 0 aliphatic rings. The molecule has 0 saturated heterocycles. The summed E-state index contributed by atoms with van der Waals surface area (Å²) in [5.74, 6) is 0.0738. The van der Waals surface area contributed by atoms with Gasteiger partial charge in [0, 0.05) is 5.56 Å². The van der Waals surface area contributed by atoms with Crippen molar-refractivity contribution in [2.45, 2.75) is 43.4 Å². The van der Waals surface area contributed by atoms with Crippen LogP contribution in [0.15, 0.2) is 16.5 Å². The van der Waals surface area contributed by atoms with Crippen LogP contribution in [0, 0.1) is 0 Å². The van der Waals surface area contributed by atoms with Gasteiger partial charge < -0.3 is 4.74 Å². The molecule has 0 radical (unpaired) electrons. The SMILES string of the molecule is CCCCCCCOc1c(Cl)cc(C(=O)Nc2nnc(SC)s2)cc1Cl. The van der Waals surface area contributed by atoms with Gasteiger partial charge in [-0.05, 0) is 24.8 Å². The Bertz CT molecular complexity index is 718. The highest BCUT2D eigenvalue weighted by Gasteiger charge is 2.16. The van der Waals surface area contributed by atoms with E-state index in [0.717, 1.165) is 17.2 Å². The van der Waals surface area contributed by atoms with E-state index >= 15 is 0 Å². The van der Waals surface area contributed by atoms with Crippen LogP contribution >= 0.6 is 46.3 Å². The van der Waals surface area contributed by atoms with Crippen molar-refractivity contribution < 1.29 is 9.53 Å². The third kappa shape index (κ3) is 6.30. The number of amides is 1. The highest BCUT2D eigenvalue weighted by molar-refractivity contribution is 8.00. The molecule has 1 N–H and O–H groups in total. The molecule has 1 heterocycles. The van der Waals surface area contributed by atoms with Crippen LogP contribution < -0.4 is 10.1 Å². The molecule has 0 saturated carbocycles. The quantitative estimate of drug-likeness (QED) is 0.275. The van der Waals surface area contributed by atoms with Crippen molar-refractivity contribution >= 4 is 57.3 Å². The molecule has 1 amide bonds. The minimum atomic E-state index is -0.344. The molecule has 2 rings (SSSR count). The first kappa shape index (κ1) is 21.3. The summed E-state index contributed by atoms with van der Waals surface area (Å²) < 4.78 is 6.48. The van der Waals surface area contributed by atoms with Gasteiger partial charge in [0.05, 0.1) is 16.7 Å². The Morgan fingerprint density at radius 3 is 2.50 bits per heavy atom. The van der Waals surface area contributed by atoms with Gasteiger partial charge in [0.2, 0.25) is 5.13 Å². The van der Waals surface area contributed by atoms with Gasteiger partial charge in [-0.1, -0.05) is 78.9 Å². The van der Waals surface area contributed by atoms with Crippen molar-refractivity contribution in [2.75, 3.05) is 18.2 Å². The Kier molecular flexibility index (Phi) is 8.98. The van der Waals surface area contributed by atoms with Gasteiger partial charge in [-0.25, -0.2) is 0 Å². The van der Waals surface area contributed by atoms with Crippen molar-refractivity contribution in [1.29, 1.82) is 0 Å². The van der Waals surface area contributed by atoms with Crippen LogP contribution in [0.3, 0.4) is 0 Å². The minimum absolute atomic E-state index is 0.318. The summed E-state index contributed by atoms with van der Waals surface area (Å²) in [5.41, 5.74) is 0.344. The van der Waals surface area contributed by atoms with Crippen LogP contribution in [0.2, 0.25) is 10.0 Å². The topological polar surface area (TPSA) is 64.1 Å². The summed E-state index contributed by atoms with van der Waals surface area (Å²) in [5, 5.41) is 11.6. The number of thioether (sulfide) groups is 1. The van der Waals surface area contributed by atoms with Gasteiger partial charge in [-0.2, -0.15) is 0 Å². The Balaban J connectivity index is 1.95. The first-order chi connectivity index (χ1) is 12.5. The zero-order valence-corrected chi connectivity index (χ0v) is 17.8. The lowest BCUT2D eigenvalue weighted by Crippen LogP contribution is -2.12. The van der Waals surface area contributed by atoms with Gasteiger partial charge in [-0.3, -0.25) is 10.1 Å². The zero-order chi connectivity index (χ0) is 18.9. The maximum atomic E-state index is 12.4. The van der Waals surface area contributed by atoms with E-state index in [0.29, 0.717) is 33.1 Å². The Morgan fingerprint density at radius 2 is 1.88 bits per heavy atom. The molecule has 0 fully saturated rings. The number of nitrogens with zero attached hydrogens (tertiary/aromatic N) is 2. The standard InChI is InChI=1S/C17H21Cl2N3O2S2/c1-3-4-5-6-7-8-24-14-12(18)9-11(10-13(14)19)15(23)20-16-21-22-17(25-2)26-16/h9-10H,3-8H2,1-2H3,(H,20,21,23). The number of carbonyl (C=O) groups is 1. The average molecular weight is 434 g/mol. The fraction of sp³-hybridized carbons (Fsp3) is 0.471. The van der Waals surface area contributed by atoms with Crippen LogP contribution in [0.4, 0.5) is 5.13 Å². The first-order valence-electron chi connectivity index (χ1n) is 8.35. The van der Waals surface area contributed by atoms with Crippen molar-refractivity contribution in [3.8, 4) is 5.75 Å². The molecule has 142 valence electrons. The average Bonchev–Trinajstić information content (AvgIpc) is 3.07. The van der Waals surface area contributed by atoms with Gasteiger partial charge in [0.25, 0.3) is 5.91 Å². The second-order valence-corrected chi connectivity index (χ2v) is 8.41. The van der Waals surface area contributed by atoms with Gasteiger partial charge in [0.1, 0.15) is 0 Å². The fourth-order valence-electron chi connectivity index (χ4n) is 2.22. The fourth-order valence-corrected chi connectivity index (χ4v) is 3.98. The van der Waals surface area contributed by atoms with Crippen LogP contribution in [-0.2, 0) is 0 Å². The molecule has 1 aromatic heterocycles. The Hall–Kier alpha value is -1.02. The summed E-state index contributed by atoms with van der Waals surface area (Å²) in [7, 11) is 0. The number of hydrogen-bond acceptors (Lipinski definition) is 6. The molecule has 0 atom stereocenters. The van der Waals surface area contributed by atoms with Gasteiger partial charge in [-0.15, -0.1) is 10.2 Å². The van der Waals surface area contributed by atoms with Crippen LogP contribution in [-0.4, -0.2) is 29.0 Å². The van der Waals surface area contributed by atoms with Crippen molar-refractivity contribution in [3.63, 3.8) is 0 Å². The third-order valence-electron chi connectivity index (χ3n) is 3.56. The number of anilines is 1. The Labute approximate surface area is 171 Å². The lowest BCUT2D eigenvalue weighted by molar-refractivity contribution is 0.102. The number of hydrogen-bond donors (Lipinski definition) is 1. The second kappa shape index (κ2) is 11.0. The predicted molar refractivity (Wildman–Crippen MR) is 110 cm³/mol. The van der Waals surface area contributed by atoms with E-state index in [1.54, 1.807) is 12.1 Å². The summed E-state index contributed by atoms with van der Waals surface area (Å²) in [6.07, 6.45) is 7.60. The van der Waals surface area contributed by atoms with Crippen molar-refractivity contribution in [2.24, 2.45) is 0 Å². The zero-order valence-electron chi connectivity index (χ0n) is 14.7. The number of nitrogens with one attached hydrogen (secondary N) is 1. The van der Waals surface area contributed by atoms with Gasteiger partial charge >= 0.3 is 0 Å². The van der Waals surface area contributed by atoms with E-state index in [1.807, 2.05) is 6.26 Å². The van der Waals surface area contributed by atoms with Crippen LogP contribution in [0.25, 0.3) is 0 Å². The molecular formula is C17H21Cl2N3O2S2. The van der Waals surface area contributed by atoms with E-state index in [-0.39, 0.29) is 5.91 Å². The summed E-state index contributed by atoms with van der Waals surface area (Å²) >= 11 is 15.3. The van der Waals surface area contributed by atoms with Crippen LogP contribution in [0.5, 0.6) is 5.75 Å². The normalized spacial score (nSPS) is 10.8. The van der Waals surface area contributed by atoms with Crippen molar-refractivity contribution in [3.05, 3.63) is 27.7 Å². The molecule has 0 aliphatic carbocycles. The molecule has 0 spiro atoms. The lowest BCUT2D eigenvalue weighted by atomic mass is 10.2. The molecular weight excluding hydrogens is 413 g/mol. The molecule has 0 unspecified atom stereocenters.